The predicted molar refractivity (Wildman–Crippen MR) is 51.9 cm³/mol. The zero-order valence-corrected chi connectivity index (χ0v) is 8.96. The van der Waals surface area contributed by atoms with Crippen molar-refractivity contribution >= 4 is 21.6 Å². The molecule has 0 rings (SSSR count). The lowest BCUT2D eigenvalue weighted by Crippen LogP contribution is -2.24. The molecule has 68 valence electrons. The zero-order valence-electron chi connectivity index (χ0n) is 7.33. The lowest BCUT2D eigenvalue weighted by molar-refractivity contribution is 0.583. The molecule has 0 aromatic rings. The van der Waals surface area contributed by atoms with Crippen LogP contribution in [-0.2, 0) is 9.84 Å². The molecule has 0 saturated heterocycles. The monoisotopic (exact) mass is 196 g/mol. The molecule has 0 saturated carbocycles. The summed E-state index contributed by atoms with van der Waals surface area (Å²) in [4.78, 5) is 0. The van der Waals surface area contributed by atoms with Gasteiger partial charge in [0.05, 0.1) is 5.25 Å². The quantitative estimate of drug-likeness (QED) is 0.669. The zero-order chi connectivity index (χ0) is 8.91. The molecule has 0 N–H and O–H groups in total. The summed E-state index contributed by atoms with van der Waals surface area (Å²) < 4.78 is 22.6. The third-order valence-electron chi connectivity index (χ3n) is 1.72. The summed E-state index contributed by atoms with van der Waals surface area (Å²) in [5.74, 6) is 0.999. The SMILES string of the molecule is CCC(CSC)S(=O)(=O)CC. The molecule has 0 bridgehead atoms. The molecule has 2 nitrogen and oxygen atoms in total. The number of sulfone groups is 1. The van der Waals surface area contributed by atoms with Crippen LogP contribution in [0.3, 0.4) is 0 Å². The van der Waals surface area contributed by atoms with Crippen molar-refractivity contribution in [3.05, 3.63) is 0 Å². The molecule has 0 aliphatic carbocycles. The van der Waals surface area contributed by atoms with Crippen molar-refractivity contribution in [1.82, 2.24) is 0 Å². The Kier molecular flexibility index (Phi) is 5.17. The highest BCUT2D eigenvalue weighted by molar-refractivity contribution is 8.00. The first-order valence-corrected chi connectivity index (χ1v) is 6.89. The third kappa shape index (κ3) is 3.47. The average molecular weight is 196 g/mol. The van der Waals surface area contributed by atoms with Gasteiger partial charge in [0.15, 0.2) is 9.84 Å². The van der Waals surface area contributed by atoms with Crippen molar-refractivity contribution in [1.29, 1.82) is 0 Å². The first kappa shape index (κ1) is 11.3. The lowest BCUT2D eigenvalue weighted by atomic mass is 10.4. The van der Waals surface area contributed by atoms with E-state index in [0.717, 1.165) is 12.2 Å². The van der Waals surface area contributed by atoms with Gasteiger partial charge in [-0.05, 0) is 12.7 Å². The highest BCUT2D eigenvalue weighted by Gasteiger charge is 2.20. The lowest BCUT2D eigenvalue weighted by Gasteiger charge is -2.12. The van der Waals surface area contributed by atoms with Gasteiger partial charge in [-0.3, -0.25) is 0 Å². The molecule has 0 aromatic heterocycles. The van der Waals surface area contributed by atoms with Crippen LogP contribution in [0.4, 0.5) is 0 Å². The molecule has 1 atom stereocenters. The average Bonchev–Trinajstić information content (AvgIpc) is 2.00. The molecule has 0 radical (unpaired) electrons. The molecular formula is C7H16O2S2. The van der Waals surface area contributed by atoms with Crippen LogP contribution in [0.15, 0.2) is 0 Å². The highest BCUT2D eigenvalue weighted by atomic mass is 32.2. The summed E-state index contributed by atoms with van der Waals surface area (Å²) in [6, 6.07) is 0. The van der Waals surface area contributed by atoms with Crippen molar-refractivity contribution in [2.75, 3.05) is 17.8 Å². The summed E-state index contributed by atoms with van der Waals surface area (Å²) in [6.07, 6.45) is 2.67. The minimum Gasteiger partial charge on any atom is -0.229 e. The Balaban J connectivity index is 4.25. The molecule has 0 fully saturated rings. The van der Waals surface area contributed by atoms with E-state index in [-0.39, 0.29) is 11.0 Å². The smallest absolute Gasteiger partial charge is 0.153 e. The largest absolute Gasteiger partial charge is 0.229 e. The van der Waals surface area contributed by atoms with Gasteiger partial charge in [-0.25, -0.2) is 8.42 Å². The van der Waals surface area contributed by atoms with E-state index in [9.17, 15) is 8.42 Å². The molecule has 0 spiro atoms. The van der Waals surface area contributed by atoms with Crippen molar-refractivity contribution in [2.45, 2.75) is 25.5 Å². The fourth-order valence-corrected chi connectivity index (χ4v) is 3.72. The van der Waals surface area contributed by atoms with Gasteiger partial charge < -0.3 is 0 Å². The summed E-state index contributed by atoms with van der Waals surface area (Å²) in [5.41, 5.74) is 0. The summed E-state index contributed by atoms with van der Waals surface area (Å²) in [5, 5.41) is -0.137. The maximum absolute atomic E-state index is 11.3. The van der Waals surface area contributed by atoms with Crippen molar-refractivity contribution in [3.63, 3.8) is 0 Å². The predicted octanol–water partition coefficient (Wildman–Crippen LogP) is 1.56. The molecule has 0 aliphatic rings. The van der Waals surface area contributed by atoms with Gasteiger partial charge in [0.25, 0.3) is 0 Å². The first-order valence-electron chi connectivity index (χ1n) is 3.79. The van der Waals surface area contributed by atoms with E-state index in [2.05, 4.69) is 0 Å². The van der Waals surface area contributed by atoms with Crippen LogP contribution in [0.2, 0.25) is 0 Å². The van der Waals surface area contributed by atoms with Crippen LogP contribution in [0.5, 0.6) is 0 Å². The molecule has 0 amide bonds. The molecule has 4 heteroatoms. The number of thioether (sulfide) groups is 1. The minimum absolute atomic E-state index is 0.137. The molecule has 1 unspecified atom stereocenters. The molecule has 0 aliphatic heterocycles. The molecular weight excluding hydrogens is 180 g/mol. The van der Waals surface area contributed by atoms with E-state index in [0.29, 0.717) is 0 Å². The van der Waals surface area contributed by atoms with E-state index in [1.807, 2.05) is 13.2 Å². The number of rotatable bonds is 5. The first-order chi connectivity index (χ1) is 5.08. The second-order valence-electron chi connectivity index (χ2n) is 2.44. The normalized spacial score (nSPS) is 14.8. The Labute approximate surface area is 73.7 Å². The van der Waals surface area contributed by atoms with Crippen molar-refractivity contribution in [3.8, 4) is 0 Å². The van der Waals surface area contributed by atoms with Gasteiger partial charge in [-0.1, -0.05) is 13.8 Å². The molecule has 0 aromatic carbocycles. The number of hydrogen-bond donors (Lipinski definition) is 0. The van der Waals surface area contributed by atoms with Gasteiger partial charge in [-0.15, -0.1) is 0 Å². The standard InChI is InChI=1S/C7H16O2S2/c1-4-7(6-10-3)11(8,9)5-2/h7H,4-6H2,1-3H3. The van der Waals surface area contributed by atoms with Crippen LogP contribution >= 0.6 is 11.8 Å². The van der Waals surface area contributed by atoms with Crippen LogP contribution in [0, 0.1) is 0 Å². The topological polar surface area (TPSA) is 34.1 Å². The Bertz CT molecular complexity index is 185. The van der Waals surface area contributed by atoms with Gasteiger partial charge >= 0.3 is 0 Å². The summed E-state index contributed by atoms with van der Waals surface area (Å²) in [6.45, 7) is 3.63. The van der Waals surface area contributed by atoms with E-state index in [1.54, 1.807) is 18.7 Å². The van der Waals surface area contributed by atoms with E-state index in [4.69, 9.17) is 0 Å². The van der Waals surface area contributed by atoms with Crippen molar-refractivity contribution in [2.24, 2.45) is 0 Å². The summed E-state index contributed by atoms with van der Waals surface area (Å²) >= 11 is 1.60. The van der Waals surface area contributed by atoms with Gasteiger partial charge in [0, 0.05) is 11.5 Å². The van der Waals surface area contributed by atoms with Gasteiger partial charge in [0.2, 0.25) is 0 Å². The van der Waals surface area contributed by atoms with Gasteiger partial charge in [0.1, 0.15) is 0 Å². The Morgan fingerprint density at radius 1 is 1.36 bits per heavy atom. The second kappa shape index (κ2) is 5.04. The Morgan fingerprint density at radius 2 is 1.91 bits per heavy atom. The van der Waals surface area contributed by atoms with Crippen LogP contribution in [-0.4, -0.2) is 31.4 Å². The minimum atomic E-state index is -2.79. The van der Waals surface area contributed by atoms with E-state index >= 15 is 0 Å². The fraction of sp³-hybridized carbons (Fsp3) is 1.00. The Morgan fingerprint density at radius 3 is 2.18 bits per heavy atom. The maximum Gasteiger partial charge on any atom is 0.153 e. The van der Waals surface area contributed by atoms with E-state index < -0.39 is 9.84 Å². The van der Waals surface area contributed by atoms with Crippen LogP contribution in [0.1, 0.15) is 20.3 Å². The number of hydrogen-bond acceptors (Lipinski definition) is 3. The van der Waals surface area contributed by atoms with Crippen LogP contribution in [0.25, 0.3) is 0 Å². The molecule has 11 heavy (non-hydrogen) atoms. The second-order valence-corrected chi connectivity index (χ2v) is 5.92. The van der Waals surface area contributed by atoms with Crippen molar-refractivity contribution < 1.29 is 8.42 Å². The highest BCUT2D eigenvalue weighted by Crippen LogP contribution is 2.11. The van der Waals surface area contributed by atoms with E-state index in [1.165, 1.54) is 0 Å². The third-order valence-corrected chi connectivity index (χ3v) is 4.99. The summed E-state index contributed by atoms with van der Waals surface area (Å²) in [7, 11) is -2.79. The fourth-order valence-electron chi connectivity index (χ4n) is 0.897. The Hall–Kier alpha value is 0.300. The molecule has 0 heterocycles. The van der Waals surface area contributed by atoms with Crippen LogP contribution < -0.4 is 0 Å². The van der Waals surface area contributed by atoms with Gasteiger partial charge in [-0.2, -0.15) is 11.8 Å². The maximum atomic E-state index is 11.3.